The largest absolute Gasteiger partial charge is 0.236 e. The van der Waals surface area contributed by atoms with Crippen LogP contribution in [0.2, 0.25) is 0 Å². The number of hydrogen-bond donors (Lipinski definition) is 0. The minimum atomic E-state index is 0.487. The lowest BCUT2D eigenvalue weighted by Crippen LogP contribution is -1.98. The summed E-state index contributed by atoms with van der Waals surface area (Å²) in [6, 6.07) is 11.8. The topological polar surface area (TPSA) is 49.6 Å². The van der Waals surface area contributed by atoms with Gasteiger partial charge < -0.3 is 0 Å². The molecule has 0 saturated carbocycles. The highest BCUT2D eigenvalue weighted by atomic mass is 14.9. The van der Waals surface area contributed by atoms with Crippen molar-refractivity contribution in [3.63, 3.8) is 0 Å². The quantitative estimate of drug-likeness (QED) is 0.803. The summed E-state index contributed by atoms with van der Waals surface area (Å²) < 4.78 is 0. The molecular weight excluding hydrogens is 210 g/mol. The average Bonchev–Trinajstić information content (AvgIpc) is 2.40. The first-order valence-corrected chi connectivity index (χ1v) is 5.66. The molecule has 0 saturated heterocycles. The van der Waals surface area contributed by atoms with Crippen LogP contribution < -0.4 is 0 Å². The van der Waals surface area contributed by atoms with E-state index in [2.05, 4.69) is 23.0 Å². The Hall–Kier alpha value is -2.21. The fourth-order valence-electron chi connectivity index (χ4n) is 1.68. The molecule has 0 aliphatic rings. The van der Waals surface area contributed by atoms with Crippen LogP contribution in [0, 0.1) is 11.3 Å². The molecule has 1 aromatic carbocycles. The first kappa shape index (κ1) is 11.3. The van der Waals surface area contributed by atoms with Crippen LogP contribution in [0.25, 0.3) is 11.4 Å². The monoisotopic (exact) mass is 223 g/mol. The standard InChI is InChI=1S/C14H13N3/c1-2-6-12-10-16-14(17-13(12)9-15)11-7-4-3-5-8-11/h3-5,7-8,10H,2,6H2,1H3. The van der Waals surface area contributed by atoms with Gasteiger partial charge in [0.1, 0.15) is 11.8 Å². The zero-order chi connectivity index (χ0) is 12.1. The van der Waals surface area contributed by atoms with Crippen LogP contribution in [0.5, 0.6) is 0 Å². The van der Waals surface area contributed by atoms with Crippen LogP contribution >= 0.6 is 0 Å². The van der Waals surface area contributed by atoms with Crippen LogP contribution in [0.4, 0.5) is 0 Å². The summed E-state index contributed by atoms with van der Waals surface area (Å²) in [5.74, 6) is 0.613. The van der Waals surface area contributed by atoms with Gasteiger partial charge in [-0.15, -0.1) is 0 Å². The number of nitrogens with zero attached hydrogens (tertiary/aromatic N) is 3. The molecule has 17 heavy (non-hydrogen) atoms. The van der Waals surface area contributed by atoms with Crippen molar-refractivity contribution in [2.75, 3.05) is 0 Å². The number of hydrogen-bond acceptors (Lipinski definition) is 3. The molecule has 0 unspecified atom stereocenters. The molecule has 84 valence electrons. The lowest BCUT2D eigenvalue weighted by Gasteiger charge is -2.04. The summed E-state index contributed by atoms with van der Waals surface area (Å²) in [6.45, 7) is 2.08. The van der Waals surface area contributed by atoms with Gasteiger partial charge >= 0.3 is 0 Å². The minimum absolute atomic E-state index is 0.487. The molecule has 3 nitrogen and oxygen atoms in total. The Bertz CT molecular complexity index is 541. The Morgan fingerprint density at radius 2 is 2.00 bits per heavy atom. The van der Waals surface area contributed by atoms with E-state index in [9.17, 15) is 0 Å². The Kier molecular flexibility index (Phi) is 3.46. The van der Waals surface area contributed by atoms with Gasteiger partial charge in [0.25, 0.3) is 0 Å². The van der Waals surface area contributed by atoms with Crippen LogP contribution in [0.15, 0.2) is 36.5 Å². The van der Waals surface area contributed by atoms with Crippen molar-refractivity contribution in [3.05, 3.63) is 47.8 Å². The molecule has 0 atom stereocenters. The van der Waals surface area contributed by atoms with Crippen LogP contribution in [0.3, 0.4) is 0 Å². The second kappa shape index (κ2) is 5.22. The number of nitriles is 1. The predicted molar refractivity (Wildman–Crippen MR) is 66.2 cm³/mol. The van der Waals surface area contributed by atoms with Gasteiger partial charge in [-0.25, -0.2) is 9.97 Å². The van der Waals surface area contributed by atoms with Crippen molar-refractivity contribution in [1.29, 1.82) is 5.26 Å². The van der Waals surface area contributed by atoms with Gasteiger partial charge in [-0.05, 0) is 6.42 Å². The van der Waals surface area contributed by atoms with E-state index in [1.165, 1.54) is 0 Å². The highest BCUT2D eigenvalue weighted by Gasteiger charge is 2.07. The first-order chi connectivity index (χ1) is 8.35. The molecule has 1 aromatic heterocycles. The third-order valence-corrected chi connectivity index (χ3v) is 2.52. The molecule has 0 amide bonds. The molecule has 0 spiro atoms. The van der Waals surface area contributed by atoms with Crippen molar-refractivity contribution >= 4 is 0 Å². The van der Waals surface area contributed by atoms with Gasteiger partial charge in [-0.2, -0.15) is 5.26 Å². The maximum atomic E-state index is 9.08. The smallest absolute Gasteiger partial charge is 0.160 e. The maximum Gasteiger partial charge on any atom is 0.160 e. The molecule has 1 heterocycles. The predicted octanol–water partition coefficient (Wildman–Crippen LogP) is 2.97. The normalized spacial score (nSPS) is 9.88. The highest BCUT2D eigenvalue weighted by molar-refractivity contribution is 5.55. The van der Waals surface area contributed by atoms with Crippen molar-refractivity contribution in [3.8, 4) is 17.5 Å². The van der Waals surface area contributed by atoms with E-state index in [0.29, 0.717) is 11.5 Å². The van der Waals surface area contributed by atoms with Crippen molar-refractivity contribution < 1.29 is 0 Å². The van der Waals surface area contributed by atoms with E-state index in [4.69, 9.17) is 5.26 Å². The Labute approximate surface area is 101 Å². The fraction of sp³-hybridized carbons (Fsp3) is 0.214. The van der Waals surface area contributed by atoms with Gasteiger partial charge in [-0.3, -0.25) is 0 Å². The molecular formula is C14H13N3. The molecule has 3 heteroatoms. The Morgan fingerprint density at radius 3 is 2.65 bits per heavy atom. The van der Waals surface area contributed by atoms with Gasteiger partial charge in [-0.1, -0.05) is 43.7 Å². The number of rotatable bonds is 3. The van der Waals surface area contributed by atoms with Crippen LogP contribution in [0.1, 0.15) is 24.6 Å². The van der Waals surface area contributed by atoms with E-state index in [-0.39, 0.29) is 0 Å². The number of aryl methyl sites for hydroxylation is 1. The molecule has 0 bridgehead atoms. The lowest BCUT2D eigenvalue weighted by molar-refractivity contribution is 0.895. The van der Waals surface area contributed by atoms with Crippen molar-refractivity contribution in [2.45, 2.75) is 19.8 Å². The summed E-state index contributed by atoms with van der Waals surface area (Å²) in [5, 5.41) is 9.08. The summed E-state index contributed by atoms with van der Waals surface area (Å²) in [7, 11) is 0. The van der Waals surface area contributed by atoms with E-state index in [1.54, 1.807) is 6.20 Å². The zero-order valence-electron chi connectivity index (χ0n) is 9.72. The number of aromatic nitrogens is 2. The zero-order valence-corrected chi connectivity index (χ0v) is 9.72. The molecule has 0 radical (unpaired) electrons. The van der Waals surface area contributed by atoms with Gasteiger partial charge in [0.2, 0.25) is 0 Å². The van der Waals surface area contributed by atoms with Crippen LogP contribution in [-0.4, -0.2) is 9.97 Å². The second-order valence-electron chi connectivity index (χ2n) is 3.80. The number of benzene rings is 1. The molecule has 2 aromatic rings. The maximum absolute atomic E-state index is 9.08. The van der Waals surface area contributed by atoms with E-state index < -0.39 is 0 Å². The summed E-state index contributed by atoms with van der Waals surface area (Å²) in [4.78, 5) is 8.62. The average molecular weight is 223 g/mol. The van der Waals surface area contributed by atoms with Crippen molar-refractivity contribution in [1.82, 2.24) is 9.97 Å². The van der Waals surface area contributed by atoms with Gasteiger partial charge in [0, 0.05) is 17.3 Å². The van der Waals surface area contributed by atoms with Crippen LogP contribution in [-0.2, 0) is 6.42 Å². The van der Waals surface area contributed by atoms with Crippen molar-refractivity contribution in [2.24, 2.45) is 0 Å². The van der Waals surface area contributed by atoms with E-state index in [0.717, 1.165) is 24.0 Å². The Morgan fingerprint density at radius 1 is 1.24 bits per heavy atom. The molecule has 0 N–H and O–H groups in total. The summed E-state index contributed by atoms with van der Waals surface area (Å²) in [5.41, 5.74) is 2.35. The lowest BCUT2D eigenvalue weighted by atomic mass is 10.1. The molecule has 0 fully saturated rings. The fourth-order valence-corrected chi connectivity index (χ4v) is 1.68. The first-order valence-electron chi connectivity index (χ1n) is 5.66. The molecule has 0 aliphatic heterocycles. The Balaban J connectivity index is 2.43. The SMILES string of the molecule is CCCc1cnc(-c2ccccc2)nc1C#N. The summed E-state index contributed by atoms with van der Waals surface area (Å²) in [6.07, 6.45) is 3.60. The highest BCUT2D eigenvalue weighted by Crippen LogP contribution is 2.16. The van der Waals surface area contributed by atoms with Gasteiger partial charge in [0.05, 0.1) is 0 Å². The van der Waals surface area contributed by atoms with Gasteiger partial charge in [0.15, 0.2) is 5.82 Å². The van der Waals surface area contributed by atoms with E-state index in [1.807, 2.05) is 30.3 Å². The summed E-state index contributed by atoms with van der Waals surface area (Å²) >= 11 is 0. The second-order valence-corrected chi connectivity index (χ2v) is 3.80. The molecule has 0 aliphatic carbocycles. The minimum Gasteiger partial charge on any atom is -0.236 e. The van der Waals surface area contributed by atoms with E-state index >= 15 is 0 Å². The third-order valence-electron chi connectivity index (χ3n) is 2.52. The third kappa shape index (κ3) is 2.48. The molecule has 2 rings (SSSR count).